The van der Waals surface area contributed by atoms with Crippen LogP contribution < -0.4 is 9.47 Å². The molecule has 6 unspecified atom stereocenters. The number of allylic oxidation sites excluding steroid dienone is 2. The predicted octanol–water partition coefficient (Wildman–Crippen LogP) is 6.15. The molecule has 0 amide bonds. The molecule has 0 spiro atoms. The second-order valence-corrected chi connectivity index (χ2v) is 11.5. The molecule has 0 saturated heterocycles. The molecule has 0 aromatic heterocycles. The standard InChI is InChI=1S/C28H30O2/c1-27-21-13-9-10-14(11-13)22(21)28(27,2)24-18-12-17(23(24)27)19-20(18)26(30-4)16-8-6-5-7-15(16)25(19)29-3/h5-10,13-14,17-18,21-24H,11-12H2,1-4H3/t13-,14+,17-,18+,21?,22?,23?,24?,27?,28?. The average molecular weight is 399 g/mol. The number of methoxy groups -OCH3 is 2. The van der Waals surface area contributed by atoms with Crippen molar-refractivity contribution in [3.05, 3.63) is 47.5 Å². The van der Waals surface area contributed by atoms with Crippen LogP contribution in [0, 0.1) is 46.3 Å². The molecule has 0 aliphatic heterocycles. The van der Waals surface area contributed by atoms with Gasteiger partial charge in [0.1, 0.15) is 11.5 Å². The Morgan fingerprint density at radius 1 is 0.700 bits per heavy atom. The third kappa shape index (κ3) is 1.32. The molecule has 154 valence electrons. The van der Waals surface area contributed by atoms with Crippen LogP contribution in [0.1, 0.15) is 49.7 Å². The zero-order valence-electron chi connectivity index (χ0n) is 18.3. The van der Waals surface area contributed by atoms with Gasteiger partial charge in [-0.15, -0.1) is 0 Å². The van der Waals surface area contributed by atoms with E-state index in [9.17, 15) is 0 Å². The van der Waals surface area contributed by atoms with Crippen molar-refractivity contribution < 1.29 is 9.47 Å². The summed E-state index contributed by atoms with van der Waals surface area (Å²) in [6.45, 7) is 5.35. The molecule has 4 saturated carbocycles. The summed E-state index contributed by atoms with van der Waals surface area (Å²) in [5.74, 6) is 8.77. The van der Waals surface area contributed by atoms with Crippen LogP contribution in [0.25, 0.3) is 10.8 Å². The summed E-state index contributed by atoms with van der Waals surface area (Å²) in [5, 5.41) is 2.45. The number of ether oxygens (including phenoxy) is 2. The van der Waals surface area contributed by atoms with E-state index in [2.05, 4.69) is 50.3 Å². The lowest BCUT2D eigenvalue weighted by molar-refractivity contribution is -0.353. The number of hydrogen-bond donors (Lipinski definition) is 0. The van der Waals surface area contributed by atoms with Gasteiger partial charge in [-0.05, 0) is 71.0 Å². The summed E-state index contributed by atoms with van der Waals surface area (Å²) < 4.78 is 12.3. The molecule has 8 rings (SSSR count). The van der Waals surface area contributed by atoms with Crippen molar-refractivity contribution in [2.75, 3.05) is 14.2 Å². The number of benzene rings is 2. The van der Waals surface area contributed by atoms with E-state index in [1.807, 2.05) is 14.2 Å². The molecule has 4 bridgehead atoms. The van der Waals surface area contributed by atoms with Crippen molar-refractivity contribution >= 4 is 10.8 Å². The van der Waals surface area contributed by atoms with Crippen LogP contribution in [-0.4, -0.2) is 14.2 Å². The molecule has 30 heavy (non-hydrogen) atoms. The molecule has 6 aliphatic carbocycles. The fraction of sp³-hybridized carbons (Fsp3) is 0.571. The molecule has 0 N–H and O–H groups in total. The van der Waals surface area contributed by atoms with Crippen LogP contribution in [0.4, 0.5) is 0 Å². The molecular formula is C28H30O2. The predicted molar refractivity (Wildman–Crippen MR) is 118 cm³/mol. The summed E-state index contributed by atoms with van der Waals surface area (Å²) in [6.07, 6.45) is 7.88. The highest BCUT2D eigenvalue weighted by Gasteiger charge is 2.88. The van der Waals surface area contributed by atoms with E-state index in [0.717, 1.165) is 47.0 Å². The Hall–Kier alpha value is -1.96. The Balaban J connectivity index is 1.38. The van der Waals surface area contributed by atoms with E-state index in [1.165, 1.54) is 34.7 Å². The molecule has 2 heteroatoms. The van der Waals surface area contributed by atoms with Gasteiger partial charge in [0.25, 0.3) is 0 Å². The van der Waals surface area contributed by atoms with Gasteiger partial charge in [0.2, 0.25) is 0 Å². The zero-order valence-corrected chi connectivity index (χ0v) is 18.3. The fourth-order valence-corrected chi connectivity index (χ4v) is 11.0. The monoisotopic (exact) mass is 398 g/mol. The normalized spacial score (nSPS) is 49.9. The third-order valence-electron chi connectivity index (χ3n) is 11.5. The van der Waals surface area contributed by atoms with Crippen LogP contribution in [0.5, 0.6) is 11.5 Å². The number of rotatable bonds is 2. The Morgan fingerprint density at radius 3 is 1.60 bits per heavy atom. The van der Waals surface area contributed by atoms with Crippen LogP contribution in [-0.2, 0) is 0 Å². The van der Waals surface area contributed by atoms with Gasteiger partial charge in [-0.3, -0.25) is 0 Å². The van der Waals surface area contributed by atoms with Crippen molar-refractivity contribution in [3.63, 3.8) is 0 Å². The lowest BCUT2D eigenvalue weighted by Gasteiger charge is -2.83. The summed E-state index contributed by atoms with van der Waals surface area (Å²) >= 11 is 0. The van der Waals surface area contributed by atoms with E-state index in [-0.39, 0.29) is 0 Å². The SMILES string of the molecule is COc1c2c(c(OC)c3ccccc13)[C@@H]1C[C@H]2C2C1C1(C)C3C([C@@H]4C=C[C@H]3C4)C21C. The first-order chi connectivity index (χ1) is 14.6. The van der Waals surface area contributed by atoms with Gasteiger partial charge in [0, 0.05) is 21.9 Å². The van der Waals surface area contributed by atoms with Crippen LogP contribution >= 0.6 is 0 Å². The van der Waals surface area contributed by atoms with Gasteiger partial charge in [-0.2, -0.15) is 0 Å². The van der Waals surface area contributed by atoms with Gasteiger partial charge in [-0.25, -0.2) is 0 Å². The molecule has 6 aliphatic rings. The Kier molecular flexibility index (Phi) is 2.65. The first-order valence-electron chi connectivity index (χ1n) is 11.9. The van der Waals surface area contributed by atoms with Crippen molar-refractivity contribution in [1.29, 1.82) is 0 Å². The van der Waals surface area contributed by atoms with E-state index in [1.54, 1.807) is 0 Å². The minimum absolute atomic E-state index is 0.507. The van der Waals surface area contributed by atoms with Gasteiger partial charge < -0.3 is 9.47 Å². The van der Waals surface area contributed by atoms with Crippen molar-refractivity contribution in [2.24, 2.45) is 46.3 Å². The van der Waals surface area contributed by atoms with Crippen molar-refractivity contribution in [2.45, 2.75) is 38.5 Å². The highest BCUT2D eigenvalue weighted by atomic mass is 16.5. The third-order valence-corrected chi connectivity index (χ3v) is 11.5. The summed E-state index contributed by atoms with van der Waals surface area (Å²) in [4.78, 5) is 0. The maximum atomic E-state index is 6.14. The van der Waals surface area contributed by atoms with Gasteiger partial charge in [0.15, 0.2) is 0 Å². The lowest BCUT2D eigenvalue weighted by Crippen LogP contribution is -2.79. The van der Waals surface area contributed by atoms with Crippen molar-refractivity contribution in [3.8, 4) is 11.5 Å². The molecule has 0 heterocycles. The van der Waals surface area contributed by atoms with Gasteiger partial charge >= 0.3 is 0 Å². The molecule has 2 nitrogen and oxygen atoms in total. The minimum atomic E-state index is 0.507. The second-order valence-electron chi connectivity index (χ2n) is 11.5. The Bertz CT molecular complexity index is 1090. The van der Waals surface area contributed by atoms with Crippen molar-refractivity contribution in [1.82, 2.24) is 0 Å². The highest BCUT2D eigenvalue weighted by molar-refractivity contribution is 5.97. The molecule has 4 fully saturated rings. The second kappa shape index (κ2) is 4.76. The highest BCUT2D eigenvalue weighted by Crippen LogP contribution is 2.94. The summed E-state index contributed by atoms with van der Waals surface area (Å²) in [6, 6.07) is 8.69. The molecule has 2 aromatic carbocycles. The van der Waals surface area contributed by atoms with Crippen LogP contribution in [0.15, 0.2) is 36.4 Å². The van der Waals surface area contributed by atoms with Gasteiger partial charge in [-0.1, -0.05) is 50.3 Å². The van der Waals surface area contributed by atoms with E-state index >= 15 is 0 Å². The van der Waals surface area contributed by atoms with E-state index in [4.69, 9.17) is 9.47 Å². The van der Waals surface area contributed by atoms with Crippen LogP contribution in [0.2, 0.25) is 0 Å². The maximum Gasteiger partial charge on any atom is 0.130 e. The lowest BCUT2D eigenvalue weighted by atomic mass is 9.20. The molecular weight excluding hydrogens is 368 g/mol. The fourth-order valence-electron chi connectivity index (χ4n) is 11.0. The zero-order chi connectivity index (χ0) is 20.2. The smallest absolute Gasteiger partial charge is 0.130 e. The van der Waals surface area contributed by atoms with E-state index < -0.39 is 0 Å². The van der Waals surface area contributed by atoms with Gasteiger partial charge in [0.05, 0.1) is 14.2 Å². The quantitative estimate of drug-likeness (QED) is 0.446. The average Bonchev–Trinajstić information content (AvgIpc) is 3.54. The Labute approximate surface area is 178 Å². The first-order valence-corrected chi connectivity index (χ1v) is 11.9. The Morgan fingerprint density at radius 2 is 1.17 bits per heavy atom. The number of hydrogen-bond acceptors (Lipinski definition) is 2. The first kappa shape index (κ1) is 16.7. The van der Waals surface area contributed by atoms with E-state index in [0.29, 0.717) is 22.7 Å². The molecule has 2 aromatic rings. The number of fused-ring (bicyclic) bond motifs is 19. The van der Waals surface area contributed by atoms with Crippen LogP contribution in [0.3, 0.4) is 0 Å². The maximum absolute atomic E-state index is 6.14. The molecule has 10 atom stereocenters. The molecule has 0 radical (unpaired) electrons. The largest absolute Gasteiger partial charge is 0.496 e. The summed E-state index contributed by atoms with van der Waals surface area (Å²) in [7, 11) is 3.73. The minimum Gasteiger partial charge on any atom is -0.496 e. The topological polar surface area (TPSA) is 18.5 Å². The summed E-state index contributed by atoms with van der Waals surface area (Å²) in [5.41, 5.74) is 4.02.